The molecule has 0 bridgehead atoms. The second kappa shape index (κ2) is 10.8. The van der Waals surface area contributed by atoms with Crippen molar-refractivity contribution in [3.05, 3.63) is 0 Å². The Morgan fingerprint density at radius 3 is 1.67 bits per heavy atom. The Morgan fingerprint density at radius 2 is 1.33 bits per heavy atom. The summed E-state index contributed by atoms with van der Waals surface area (Å²) in [4.78, 5) is 0. The van der Waals surface area contributed by atoms with Gasteiger partial charge in [0.25, 0.3) is 0 Å². The van der Waals surface area contributed by atoms with Crippen LogP contribution in [0.15, 0.2) is 0 Å². The van der Waals surface area contributed by atoms with Crippen LogP contribution in [-0.4, -0.2) is 39.8 Å². The van der Waals surface area contributed by atoms with Crippen molar-refractivity contribution in [3.63, 3.8) is 0 Å². The topological polar surface area (TPSA) is 0 Å². The van der Waals surface area contributed by atoms with E-state index in [9.17, 15) is 0 Å². The first-order valence-corrected chi connectivity index (χ1v) is 7.95. The molecule has 0 unspecified atom stereocenters. The first-order valence-electron chi connectivity index (χ1n) is 3.86. The summed E-state index contributed by atoms with van der Waals surface area (Å²) in [5, 5.41) is 0.528. The standard InChI is InChI=1S/C7H16S5/c8-1-3-11-5-7(10)6-12-4-2-9/h7-10H,1-6H2. The van der Waals surface area contributed by atoms with Crippen LogP contribution < -0.4 is 0 Å². The number of hydrogen-bond acceptors (Lipinski definition) is 5. The van der Waals surface area contributed by atoms with E-state index < -0.39 is 0 Å². The van der Waals surface area contributed by atoms with Gasteiger partial charge in [-0.25, -0.2) is 0 Å². The molecule has 0 aromatic heterocycles. The lowest BCUT2D eigenvalue weighted by molar-refractivity contribution is 1.16. The molecule has 0 N–H and O–H groups in total. The number of hydrogen-bond donors (Lipinski definition) is 3. The van der Waals surface area contributed by atoms with Crippen molar-refractivity contribution in [2.24, 2.45) is 0 Å². The Hall–Kier alpha value is 1.75. The highest BCUT2D eigenvalue weighted by Crippen LogP contribution is 2.13. The fraction of sp³-hybridized carbons (Fsp3) is 1.00. The maximum atomic E-state index is 4.48. The quantitative estimate of drug-likeness (QED) is 0.453. The molecule has 0 aliphatic rings. The van der Waals surface area contributed by atoms with E-state index in [2.05, 4.69) is 37.9 Å². The van der Waals surface area contributed by atoms with Gasteiger partial charge in [-0.3, -0.25) is 0 Å². The summed E-state index contributed by atoms with van der Waals surface area (Å²) in [6.45, 7) is 0. The zero-order valence-electron chi connectivity index (χ0n) is 6.98. The maximum Gasteiger partial charge on any atom is 0.0198 e. The molecule has 12 heavy (non-hydrogen) atoms. The first kappa shape index (κ1) is 13.8. The zero-order valence-corrected chi connectivity index (χ0v) is 11.3. The zero-order chi connectivity index (χ0) is 9.23. The van der Waals surface area contributed by atoms with Crippen LogP contribution in [0.5, 0.6) is 0 Å². The molecule has 0 nitrogen and oxygen atoms in total. The summed E-state index contributed by atoms with van der Waals surface area (Å²) in [6.07, 6.45) is 0. The molecule has 0 amide bonds. The number of thioether (sulfide) groups is 2. The van der Waals surface area contributed by atoms with Gasteiger partial charge in [0.1, 0.15) is 0 Å². The second-order valence-electron chi connectivity index (χ2n) is 2.25. The van der Waals surface area contributed by atoms with Crippen LogP contribution in [0.2, 0.25) is 0 Å². The summed E-state index contributed by atoms with van der Waals surface area (Å²) in [7, 11) is 0. The van der Waals surface area contributed by atoms with Crippen molar-refractivity contribution in [3.8, 4) is 0 Å². The summed E-state index contributed by atoms with van der Waals surface area (Å²) in [5.41, 5.74) is 0. The molecule has 0 rings (SSSR count). The van der Waals surface area contributed by atoms with Crippen molar-refractivity contribution in [1.82, 2.24) is 0 Å². The maximum absolute atomic E-state index is 4.48. The molecule has 0 radical (unpaired) electrons. The van der Waals surface area contributed by atoms with Gasteiger partial charge >= 0.3 is 0 Å². The van der Waals surface area contributed by atoms with Gasteiger partial charge in [-0.15, -0.1) is 0 Å². The Balaban J connectivity index is 3.04. The van der Waals surface area contributed by atoms with Gasteiger partial charge in [-0.05, 0) is 11.5 Å². The van der Waals surface area contributed by atoms with Crippen molar-refractivity contribution in [2.75, 3.05) is 34.5 Å². The molecule has 74 valence electrons. The van der Waals surface area contributed by atoms with E-state index >= 15 is 0 Å². The molecular formula is C7H16S5. The van der Waals surface area contributed by atoms with E-state index in [0.717, 1.165) is 34.5 Å². The van der Waals surface area contributed by atoms with Crippen LogP contribution in [0, 0.1) is 0 Å². The van der Waals surface area contributed by atoms with E-state index in [-0.39, 0.29) is 0 Å². The molecule has 0 atom stereocenters. The predicted molar refractivity (Wildman–Crippen MR) is 75.1 cm³/mol. The highest BCUT2D eigenvalue weighted by Gasteiger charge is 2.02. The average Bonchev–Trinajstić information content (AvgIpc) is 2.06. The van der Waals surface area contributed by atoms with Crippen molar-refractivity contribution >= 4 is 61.4 Å². The van der Waals surface area contributed by atoms with Gasteiger partial charge < -0.3 is 0 Å². The minimum atomic E-state index is 0.528. The van der Waals surface area contributed by atoms with Crippen molar-refractivity contribution in [1.29, 1.82) is 0 Å². The summed E-state index contributed by atoms with van der Waals surface area (Å²) < 4.78 is 0. The van der Waals surface area contributed by atoms with E-state index in [4.69, 9.17) is 0 Å². The highest BCUT2D eigenvalue weighted by atomic mass is 32.2. The largest absolute Gasteiger partial charge is 0.179 e. The van der Waals surface area contributed by atoms with Crippen molar-refractivity contribution in [2.45, 2.75) is 5.25 Å². The van der Waals surface area contributed by atoms with Crippen molar-refractivity contribution < 1.29 is 0 Å². The normalized spacial score (nSPS) is 11.0. The summed E-state index contributed by atoms with van der Waals surface area (Å²) in [5.74, 6) is 6.49. The Morgan fingerprint density at radius 1 is 0.917 bits per heavy atom. The van der Waals surface area contributed by atoms with Crippen LogP contribution in [0.3, 0.4) is 0 Å². The molecule has 0 saturated heterocycles. The lowest BCUT2D eigenvalue weighted by Gasteiger charge is -2.08. The van der Waals surface area contributed by atoms with E-state index in [1.807, 2.05) is 23.5 Å². The molecule has 0 aromatic carbocycles. The smallest absolute Gasteiger partial charge is 0.0198 e. The Labute approximate surface area is 101 Å². The molecule has 0 spiro atoms. The SMILES string of the molecule is SCCSCC(S)CSCCS. The highest BCUT2D eigenvalue weighted by molar-refractivity contribution is 8.02. The number of rotatable bonds is 8. The lowest BCUT2D eigenvalue weighted by Crippen LogP contribution is -2.07. The fourth-order valence-electron chi connectivity index (χ4n) is 0.616. The van der Waals surface area contributed by atoms with E-state index in [1.165, 1.54) is 0 Å². The fourth-order valence-corrected chi connectivity index (χ4v) is 3.54. The minimum Gasteiger partial charge on any atom is -0.179 e. The van der Waals surface area contributed by atoms with Gasteiger partial charge in [-0.2, -0.15) is 61.4 Å². The van der Waals surface area contributed by atoms with Crippen LogP contribution in [-0.2, 0) is 0 Å². The molecule has 0 aliphatic heterocycles. The molecule has 0 aliphatic carbocycles. The molecule has 5 heteroatoms. The van der Waals surface area contributed by atoms with Gasteiger partial charge in [0, 0.05) is 28.3 Å². The predicted octanol–water partition coefficient (Wildman–Crippen LogP) is 2.61. The summed E-state index contributed by atoms with van der Waals surface area (Å²) in [6, 6.07) is 0. The third-order valence-electron chi connectivity index (χ3n) is 1.09. The van der Waals surface area contributed by atoms with Gasteiger partial charge in [0.05, 0.1) is 0 Å². The second-order valence-corrected chi connectivity index (χ2v) is 6.18. The van der Waals surface area contributed by atoms with Crippen LogP contribution >= 0.6 is 61.4 Å². The van der Waals surface area contributed by atoms with Crippen LogP contribution in [0.25, 0.3) is 0 Å². The molecule has 0 aromatic rings. The molecular weight excluding hydrogens is 244 g/mol. The van der Waals surface area contributed by atoms with Gasteiger partial charge in [0.15, 0.2) is 0 Å². The van der Waals surface area contributed by atoms with E-state index in [1.54, 1.807) is 0 Å². The summed E-state index contributed by atoms with van der Waals surface area (Å²) >= 11 is 16.6. The Kier molecular flexibility index (Phi) is 12.4. The van der Waals surface area contributed by atoms with Gasteiger partial charge in [-0.1, -0.05) is 0 Å². The molecule has 0 saturated carbocycles. The first-order chi connectivity index (χ1) is 5.81. The van der Waals surface area contributed by atoms with Crippen LogP contribution in [0.4, 0.5) is 0 Å². The molecule has 0 fully saturated rings. The lowest BCUT2D eigenvalue weighted by atomic mass is 10.5. The number of thiol groups is 3. The molecule has 0 heterocycles. The minimum absolute atomic E-state index is 0.528. The average molecular weight is 261 g/mol. The third-order valence-corrected chi connectivity index (χ3v) is 5.27. The third kappa shape index (κ3) is 9.84. The Bertz CT molecular complexity index is 77.9. The monoisotopic (exact) mass is 260 g/mol. The van der Waals surface area contributed by atoms with Gasteiger partial charge in [0.2, 0.25) is 0 Å². The van der Waals surface area contributed by atoms with E-state index in [0.29, 0.717) is 5.25 Å². The van der Waals surface area contributed by atoms with Crippen LogP contribution in [0.1, 0.15) is 0 Å².